The molecule has 0 heterocycles. The van der Waals surface area contributed by atoms with Crippen molar-refractivity contribution in [3.63, 3.8) is 0 Å². The second-order valence-corrected chi connectivity index (χ2v) is 1.67. The van der Waals surface area contributed by atoms with Crippen LogP contribution in [0.5, 0.6) is 0 Å². The number of hydrogen-bond acceptors (Lipinski definition) is 2. The Kier molecular flexibility index (Phi) is 0.821. The van der Waals surface area contributed by atoms with Crippen LogP contribution in [0.2, 0.25) is 0 Å². The van der Waals surface area contributed by atoms with Crippen molar-refractivity contribution in [3.8, 4) is 0 Å². The summed E-state index contributed by atoms with van der Waals surface area (Å²) in [5.74, 6) is 0. The maximum atomic E-state index is 5.35. The van der Waals surface area contributed by atoms with Crippen molar-refractivity contribution in [2.75, 3.05) is 7.11 Å². The summed E-state index contributed by atoms with van der Waals surface area (Å²) in [5, 5.41) is 0. The van der Waals surface area contributed by atoms with Gasteiger partial charge in [0.25, 0.3) is 0 Å². The molecule has 0 aromatic heterocycles. The van der Waals surface area contributed by atoms with Crippen LogP contribution in [0.1, 0.15) is 6.42 Å². The Bertz CT molecular complexity index is 53.5. The molecular formula is C4H9NO. The van der Waals surface area contributed by atoms with Crippen LogP contribution in [0.3, 0.4) is 0 Å². The highest BCUT2D eigenvalue weighted by molar-refractivity contribution is 4.90. The summed E-state index contributed by atoms with van der Waals surface area (Å²) < 4.78 is 4.85. The van der Waals surface area contributed by atoms with Gasteiger partial charge in [-0.2, -0.15) is 0 Å². The molecule has 6 heavy (non-hydrogen) atoms. The summed E-state index contributed by atoms with van der Waals surface area (Å²) in [7, 11) is 1.69. The molecule has 1 rings (SSSR count). The standard InChI is InChI=1S/C4H9NO/c1-6-4-2-3(4)5/h3-4H,2,5H2,1H3/t3-,4+/m0/s1. The van der Waals surface area contributed by atoms with Gasteiger partial charge >= 0.3 is 0 Å². The Morgan fingerprint density at radius 1 is 1.83 bits per heavy atom. The molecule has 0 aromatic rings. The highest BCUT2D eigenvalue weighted by atomic mass is 16.5. The predicted octanol–water partition coefficient (Wildman–Crippen LogP) is -0.268. The minimum absolute atomic E-state index is 0.343. The zero-order valence-electron chi connectivity index (χ0n) is 3.85. The van der Waals surface area contributed by atoms with E-state index < -0.39 is 0 Å². The van der Waals surface area contributed by atoms with E-state index in [-0.39, 0.29) is 0 Å². The fourth-order valence-electron chi connectivity index (χ4n) is 0.461. The lowest BCUT2D eigenvalue weighted by Gasteiger charge is -1.85. The molecule has 1 saturated carbocycles. The quantitative estimate of drug-likeness (QED) is 0.478. The van der Waals surface area contributed by atoms with Gasteiger partial charge in [-0.15, -0.1) is 0 Å². The maximum absolute atomic E-state index is 5.35. The van der Waals surface area contributed by atoms with Gasteiger partial charge in [-0.05, 0) is 6.42 Å². The van der Waals surface area contributed by atoms with E-state index in [0.29, 0.717) is 12.1 Å². The van der Waals surface area contributed by atoms with E-state index in [0.717, 1.165) is 6.42 Å². The van der Waals surface area contributed by atoms with E-state index in [1.807, 2.05) is 0 Å². The van der Waals surface area contributed by atoms with E-state index >= 15 is 0 Å². The first-order valence-corrected chi connectivity index (χ1v) is 2.13. The molecule has 2 atom stereocenters. The average Bonchev–Trinajstić information content (AvgIpc) is 2.19. The Labute approximate surface area is 37.3 Å². The minimum atomic E-state index is 0.343. The third-order valence-corrected chi connectivity index (χ3v) is 1.08. The molecule has 0 spiro atoms. The average molecular weight is 87.1 g/mol. The maximum Gasteiger partial charge on any atom is 0.0738 e. The second-order valence-electron chi connectivity index (χ2n) is 1.67. The molecule has 0 aliphatic heterocycles. The van der Waals surface area contributed by atoms with Gasteiger partial charge in [-0.25, -0.2) is 0 Å². The van der Waals surface area contributed by atoms with Crippen LogP contribution >= 0.6 is 0 Å². The highest BCUT2D eigenvalue weighted by Crippen LogP contribution is 2.20. The predicted molar refractivity (Wildman–Crippen MR) is 23.4 cm³/mol. The smallest absolute Gasteiger partial charge is 0.0738 e. The van der Waals surface area contributed by atoms with Crippen LogP contribution in [0, 0.1) is 0 Å². The first-order valence-electron chi connectivity index (χ1n) is 2.13. The van der Waals surface area contributed by atoms with Crippen LogP contribution < -0.4 is 5.73 Å². The largest absolute Gasteiger partial charge is 0.380 e. The summed E-state index contributed by atoms with van der Waals surface area (Å²) in [6.45, 7) is 0. The number of methoxy groups -OCH3 is 1. The fourth-order valence-corrected chi connectivity index (χ4v) is 0.461. The van der Waals surface area contributed by atoms with E-state index in [2.05, 4.69) is 0 Å². The normalized spacial score (nSPS) is 43.0. The van der Waals surface area contributed by atoms with Gasteiger partial charge in [0.1, 0.15) is 0 Å². The molecule has 0 aromatic carbocycles. The summed E-state index contributed by atoms with van der Waals surface area (Å²) in [6.07, 6.45) is 1.43. The number of hydrogen-bond donors (Lipinski definition) is 1. The van der Waals surface area contributed by atoms with Crippen LogP contribution in [0.15, 0.2) is 0 Å². The summed E-state index contributed by atoms with van der Waals surface area (Å²) in [5.41, 5.74) is 5.35. The molecule has 1 aliphatic rings. The Balaban J connectivity index is 2.09. The van der Waals surface area contributed by atoms with Gasteiger partial charge in [0.15, 0.2) is 0 Å². The van der Waals surface area contributed by atoms with Crippen molar-refractivity contribution in [1.29, 1.82) is 0 Å². The third kappa shape index (κ3) is 0.533. The van der Waals surface area contributed by atoms with Crippen molar-refractivity contribution in [2.45, 2.75) is 18.6 Å². The molecule has 0 saturated heterocycles. The first-order chi connectivity index (χ1) is 2.84. The van der Waals surface area contributed by atoms with Crippen LogP contribution in [0.4, 0.5) is 0 Å². The topological polar surface area (TPSA) is 35.2 Å². The van der Waals surface area contributed by atoms with Gasteiger partial charge in [-0.3, -0.25) is 0 Å². The van der Waals surface area contributed by atoms with Gasteiger partial charge in [0.2, 0.25) is 0 Å². The van der Waals surface area contributed by atoms with Crippen LogP contribution in [-0.2, 0) is 4.74 Å². The van der Waals surface area contributed by atoms with E-state index in [1.165, 1.54) is 0 Å². The Morgan fingerprint density at radius 3 is 2.33 bits per heavy atom. The lowest BCUT2D eigenvalue weighted by Crippen LogP contribution is -2.05. The third-order valence-electron chi connectivity index (χ3n) is 1.08. The Morgan fingerprint density at radius 2 is 2.33 bits per heavy atom. The first kappa shape index (κ1) is 4.09. The number of rotatable bonds is 1. The van der Waals surface area contributed by atoms with Crippen molar-refractivity contribution < 1.29 is 4.74 Å². The molecule has 2 heteroatoms. The van der Waals surface area contributed by atoms with Crippen molar-refractivity contribution in [3.05, 3.63) is 0 Å². The monoisotopic (exact) mass is 87.1 g/mol. The van der Waals surface area contributed by atoms with Crippen molar-refractivity contribution in [2.24, 2.45) is 5.73 Å². The van der Waals surface area contributed by atoms with Gasteiger partial charge < -0.3 is 10.5 Å². The molecular weight excluding hydrogens is 78.0 g/mol. The van der Waals surface area contributed by atoms with Gasteiger partial charge in [-0.1, -0.05) is 0 Å². The summed E-state index contributed by atoms with van der Waals surface area (Å²) in [6, 6.07) is 0.343. The molecule has 2 nitrogen and oxygen atoms in total. The van der Waals surface area contributed by atoms with Crippen LogP contribution in [-0.4, -0.2) is 19.3 Å². The van der Waals surface area contributed by atoms with Crippen LogP contribution in [0.25, 0.3) is 0 Å². The zero-order valence-corrected chi connectivity index (χ0v) is 3.85. The lowest BCUT2D eigenvalue weighted by atomic mass is 10.7. The van der Waals surface area contributed by atoms with E-state index in [4.69, 9.17) is 10.5 Å². The molecule has 1 aliphatic carbocycles. The number of ether oxygens (including phenoxy) is 1. The van der Waals surface area contributed by atoms with Crippen molar-refractivity contribution in [1.82, 2.24) is 0 Å². The molecule has 1 fully saturated rings. The molecule has 0 bridgehead atoms. The zero-order chi connectivity index (χ0) is 4.57. The highest BCUT2D eigenvalue weighted by Gasteiger charge is 2.32. The second kappa shape index (κ2) is 1.21. The molecule has 0 radical (unpaired) electrons. The van der Waals surface area contributed by atoms with Gasteiger partial charge in [0, 0.05) is 13.2 Å². The molecule has 0 amide bonds. The summed E-state index contributed by atoms with van der Waals surface area (Å²) >= 11 is 0. The fraction of sp³-hybridized carbons (Fsp3) is 1.00. The van der Waals surface area contributed by atoms with E-state index in [1.54, 1.807) is 7.11 Å². The minimum Gasteiger partial charge on any atom is -0.380 e. The lowest BCUT2D eigenvalue weighted by molar-refractivity contribution is 0.178. The Hall–Kier alpha value is -0.0800. The molecule has 2 N–H and O–H groups in total. The van der Waals surface area contributed by atoms with E-state index in [9.17, 15) is 0 Å². The molecule has 36 valence electrons. The van der Waals surface area contributed by atoms with Crippen molar-refractivity contribution >= 4 is 0 Å². The number of nitrogens with two attached hydrogens (primary N) is 1. The SMILES string of the molecule is CO[C@@H]1C[C@@H]1N. The molecule has 0 unspecified atom stereocenters. The summed E-state index contributed by atoms with van der Waals surface area (Å²) in [4.78, 5) is 0. The van der Waals surface area contributed by atoms with Gasteiger partial charge in [0.05, 0.1) is 6.10 Å².